The monoisotopic (exact) mass is 461 g/mol. The van der Waals surface area contributed by atoms with E-state index < -0.39 is 5.60 Å². The van der Waals surface area contributed by atoms with Crippen LogP contribution in [-0.4, -0.2) is 48.4 Å². The summed E-state index contributed by atoms with van der Waals surface area (Å²) in [7, 11) is 1.65. The summed E-state index contributed by atoms with van der Waals surface area (Å²) < 4.78 is 11.8. The van der Waals surface area contributed by atoms with Crippen molar-refractivity contribution in [2.45, 2.75) is 63.6 Å². The Morgan fingerprint density at radius 3 is 2.47 bits per heavy atom. The zero-order valence-corrected chi connectivity index (χ0v) is 20.1. The highest BCUT2D eigenvalue weighted by Gasteiger charge is 2.45. The van der Waals surface area contributed by atoms with E-state index in [4.69, 9.17) is 14.3 Å². The van der Waals surface area contributed by atoms with E-state index in [-0.39, 0.29) is 12.0 Å². The molecular weight excluding hydrogens is 428 g/mol. The van der Waals surface area contributed by atoms with Crippen molar-refractivity contribution >= 4 is 11.6 Å². The molecule has 179 valence electrons. The summed E-state index contributed by atoms with van der Waals surface area (Å²) in [6.45, 7) is 3.26. The van der Waals surface area contributed by atoms with Gasteiger partial charge in [-0.25, -0.2) is 0 Å². The molecule has 1 amide bonds. The van der Waals surface area contributed by atoms with Crippen LogP contribution in [0.25, 0.3) is 0 Å². The van der Waals surface area contributed by atoms with Gasteiger partial charge in [-0.2, -0.15) is 0 Å². The Balaban J connectivity index is 1.23. The van der Waals surface area contributed by atoms with Gasteiger partial charge in [-0.1, -0.05) is 35.5 Å². The third kappa shape index (κ3) is 4.63. The van der Waals surface area contributed by atoms with Crippen LogP contribution in [0.2, 0.25) is 0 Å². The summed E-state index contributed by atoms with van der Waals surface area (Å²) in [5.41, 5.74) is 1.97. The van der Waals surface area contributed by atoms with Gasteiger partial charge < -0.3 is 19.2 Å². The molecule has 6 nitrogen and oxygen atoms in total. The molecule has 1 saturated carbocycles. The topological polar surface area (TPSA) is 60.4 Å². The molecule has 1 radical (unpaired) electrons. The second-order valence-electron chi connectivity index (χ2n) is 9.69. The number of carbonyl (C=O) groups is 1. The molecule has 1 atom stereocenters. The molecule has 2 aromatic carbocycles. The van der Waals surface area contributed by atoms with Crippen molar-refractivity contribution in [2.75, 3.05) is 20.2 Å². The number of piperidine rings is 1. The fourth-order valence-corrected chi connectivity index (χ4v) is 5.22. The van der Waals surface area contributed by atoms with Gasteiger partial charge in [0.05, 0.1) is 18.9 Å². The summed E-state index contributed by atoms with van der Waals surface area (Å²) in [6, 6.07) is 16.3. The molecular formula is C28H33N2O4. The first-order valence-electron chi connectivity index (χ1n) is 12.4. The molecule has 0 N–H and O–H groups in total. The van der Waals surface area contributed by atoms with Crippen LogP contribution in [-0.2, 0) is 9.63 Å². The van der Waals surface area contributed by atoms with Crippen LogP contribution in [0.3, 0.4) is 0 Å². The zero-order valence-electron chi connectivity index (χ0n) is 20.1. The highest BCUT2D eigenvalue weighted by Crippen LogP contribution is 2.36. The quantitative estimate of drug-likeness (QED) is 0.597. The molecule has 34 heavy (non-hydrogen) atoms. The number of carbonyl (C=O) groups excluding carboxylic acids is 1. The first-order chi connectivity index (χ1) is 16.6. The van der Waals surface area contributed by atoms with Crippen LogP contribution < -0.4 is 9.47 Å². The standard InChI is InChI=1S/C28H33N2O4/c1-28(27(31)30-16-14-21(15-17-30)20-8-4-3-5-9-20)19-24(29-34-28)22-12-13-25(32-2)26(18-22)33-23-10-6-7-11-23/h3-5,8-9,12-13,18,23H,6-7,10-11,14-17,19H2,1-2H3. The van der Waals surface area contributed by atoms with Crippen molar-refractivity contribution in [3.63, 3.8) is 0 Å². The normalized spacial score (nSPS) is 23.5. The Morgan fingerprint density at radius 2 is 1.76 bits per heavy atom. The van der Waals surface area contributed by atoms with Gasteiger partial charge in [0.15, 0.2) is 11.5 Å². The molecule has 2 aromatic rings. The van der Waals surface area contributed by atoms with Gasteiger partial charge in [-0.15, -0.1) is 0 Å². The number of amides is 1. The van der Waals surface area contributed by atoms with Gasteiger partial charge in [-0.3, -0.25) is 4.79 Å². The van der Waals surface area contributed by atoms with E-state index in [0.29, 0.717) is 25.3 Å². The average molecular weight is 462 g/mol. The zero-order chi connectivity index (χ0) is 23.5. The van der Waals surface area contributed by atoms with E-state index in [9.17, 15) is 4.79 Å². The molecule has 2 aliphatic heterocycles. The molecule has 0 bridgehead atoms. The second-order valence-corrected chi connectivity index (χ2v) is 9.69. The van der Waals surface area contributed by atoms with Crippen molar-refractivity contribution in [2.24, 2.45) is 5.16 Å². The number of hydrogen-bond donors (Lipinski definition) is 0. The minimum atomic E-state index is -0.980. The van der Waals surface area contributed by atoms with E-state index in [1.165, 1.54) is 24.3 Å². The van der Waals surface area contributed by atoms with Gasteiger partial charge in [0.2, 0.25) is 5.60 Å². The number of hydrogen-bond acceptors (Lipinski definition) is 5. The maximum atomic E-state index is 13.4. The number of ether oxygens (including phenoxy) is 2. The van der Waals surface area contributed by atoms with Crippen LogP contribution in [0.4, 0.5) is 0 Å². The smallest absolute Gasteiger partial charge is 0.269 e. The van der Waals surface area contributed by atoms with E-state index >= 15 is 0 Å². The first-order valence-corrected chi connectivity index (χ1v) is 12.4. The molecule has 1 unspecified atom stereocenters. The Labute approximate surface area is 201 Å². The predicted octanol–water partition coefficient (Wildman–Crippen LogP) is 5.14. The fraction of sp³-hybridized carbons (Fsp3) is 0.464. The Kier molecular flexibility index (Phi) is 6.48. The van der Waals surface area contributed by atoms with Crippen molar-refractivity contribution in [1.29, 1.82) is 0 Å². The summed E-state index contributed by atoms with van der Waals surface area (Å²) in [6.07, 6.45) is 7.00. The number of likely N-dealkylation sites (tertiary alicyclic amines) is 1. The number of methoxy groups -OCH3 is 1. The van der Waals surface area contributed by atoms with Crippen molar-refractivity contribution in [3.05, 3.63) is 65.6 Å². The van der Waals surface area contributed by atoms with Crippen LogP contribution >= 0.6 is 0 Å². The molecule has 1 saturated heterocycles. The lowest BCUT2D eigenvalue weighted by molar-refractivity contribution is -0.153. The summed E-state index contributed by atoms with van der Waals surface area (Å²) in [5.74, 6) is 2.86. The molecule has 0 spiro atoms. The molecule has 5 rings (SSSR count). The number of nitrogens with zero attached hydrogens (tertiary/aromatic N) is 2. The lowest BCUT2D eigenvalue weighted by Crippen LogP contribution is -2.50. The number of rotatable bonds is 6. The summed E-state index contributed by atoms with van der Waals surface area (Å²) in [4.78, 5) is 21.1. The SMILES string of the molecule is COc1ccc(C2=NOC(C)(C(=O)N3CC[C](c4ccccc4)CC3)C2)cc1OC1CCCC1. The Hall–Kier alpha value is -3.02. The molecule has 1 aliphatic carbocycles. The second kappa shape index (κ2) is 9.69. The average Bonchev–Trinajstić information content (AvgIpc) is 3.55. The summed E-state index contributed by atoms with van der Waals surface area (Å²) >= 11 is 0. The van der Waals surface area contributed by atoms with Gasteiger partial charge in [0, 0.05) is 31.0 Å². The van der Waals surface area contributed by atoms with Crippen molar-refractivity contribution in [3.8, 4) is 11.5 Å². The maximum Gasteiger partial charge on any atom is 0.269 e. The van der Waals surface area contributed by atoms with Gasteiger partial charge >= 0.3 is 0 Å². The van der Waals surface area contributed by atoms with Gasteiger partial charge in [0.1, 0.15) is 0 Å². The van der Waals surface area contributed by atoms with E-state index in [1.54, 1.807) is 7.11 Å². The van der Waals surface area contributed by atoms with Gasteiger partial charge in [-0.05, 0) is 69.2 Å². The van der Waals surface area contributed by atoms with Crippen molar-refractivity contribution < 1.29 is 19.1 Å². The molecule has 0 aromatic heterocycles. The van der Waals surface area contributed by atoms with E-state index in [0.717, 1.165) is 42.7 Å². The lowest BCUT2D eigenvalue weighted by atomic mass is 9.88. The number of benzene rings is 2. The minimum Gasteiger partial charge on any atom is -0.493 e. The molecule has 2 fully saturated rings. The van der Waals surface area contributed by atoms with Crippen LogP contribution in [0.15, 0.2) is 53.7 Å². The van der Waals surface area contributed by atoms with Crippen LogP contribution in [0.1, 0.15) is 63.0 Å². The minimum absolute atomic E-state index is 0.00861. The molecule has 6 heteroatoms. The first kappa shape index (κ1) is 22.8. The third-order valence-electron chi connectivity index (χ3n) is 7.24. The lowest BCUT2D eigenvalue weighted by Gasteiger charge is -2.35. The largest absolute Gasteiger partial charge is 0.493 e. The van der Waals surface area contributed by atoms with Crippen LogP contribution in [0.5, 0.6) is 11.5 Å². The highest BCUT2D eigenvalue weighted by atomic mass is 16.7. The third-order valence-corrected chi connectivity index (χ3v) is 7.24. The van der Waals surface area contributed by atoms with Crippen molar-refractivity contribution in [1.82, 2.24) is 4.90 Å². The number of oxime groups is 1. The molecule has 2 heterocycles. The van der Waals surface area contributed by atoms with E-state index in [2.05, 4.69) is 29.4 Å². The summed E-state index contributed by atoms with van der Waals surface area (Å²) in [5, 5.41) is 4.33. The Morgan fingerprint density at radius 1 is 1.03 bits per heavy atom. The fourth-order valence-electron chi connectivity index (χ4n) is 5.22. The molecule has 3 aliphatic rings. The maximum absolute atomic E-state index is 13.4. The highest BCUT2D eigenvalue weighted by molar-refractivity contribution is 6.05. The van der Waals surface area contributed by atoms with E-state index in [1.807, 2.05) is 36.1 Å². The van der Waals surface area contributed by atoms with Crippen LogP contribution in [0, 0.1) is 5.92 Å². The van der Waals surface area contributed by atoms with Gasteiger partial charge in [0.25, 0.3) is 5.91 Å². The Bertz CT molecular complexity index is 1040. The predicted molar refractivity (Wildman–Crippen MR) is 131 cm³/mol.